The number of carbonyl (C=O) groups is 2. The van der Waals surface area contributed by atoms with Crippen LogP contribution in [0.25, 0.3) is 0 Å². The summed E-state index contributed by atoms with van der Waals surface area (Å²) in [7, 11) is -8.41. The van der Waals surface area contributed by atoms with E-state index in [1.165, 1.54) is 36.4 Å². The minimum Gasteiger partial charge on any atom is -0.379 e. The van der Waals surface area contributed by atoms with Gasteiger partial charge in [-0.3, -0.25) is 0 Å². The third-order valence-electron chi connectivity index (χ3n) is 7.26. The molecule has 4 N–H and O–H groups in total. The van der Waals surface area contributed by atoms with Crippen LogP contribution >= 0.6 is 0 Å². The lowest BCUT2D eigenvalue weighted by Gasteiger charge is -2.16. The highest BCUT2D eigenvalue weighted by Gasteiger charge is 2.22. The Morgan fingerprint density at radius 3 is 1.73 bits per heavy atom. The molecule has 0 aliphatic heterocycles. The van der Waals surface area contributed by atoms with Crippen molar-refractivity contribution in [1.82, 2.24) is 10.6 Å². The summed E-state index contributed by atoms with van der Waals surface area (Å²) < 4.78 is 63.4. The zero-order chi connectivity index (χ0) is 35.4. The Hall–Kier alpha value is -5.08. The maximum Gasteiger partial charge on any atom is 0.339 e. The fourth-order valence-corrected chi connectivity index (χ4v) is 6.96. The smallest absolute Gasteiger partial charge is 0.339 e. The summed E-state index contributed by atoms with van der Waals surface area (Å²) in [6.07, 6.45) is 2.20. The lowest BCUT2D eigenvalue weighted by atomic mass is 9.99. The van der Waals surface area contributed by atoms with Gasteiger partial charge in [0, 0.05) is 24.5 Å². The second kappa shape index (κ2) is 16.8. The number of hydrogen-bond donors (Lipinski definition) is 4. The van der Waals surface area contributed by atoms with E-state index < -0.39 is 32.3 Å². The van der Waals surface area contributed by atoms with Crippen LogP contribution in [0.4, 0.5) is 21.0 Å². The SMILES string of the molecule is CCCc1c(CCNC(=O)Nc2cccc(S(=O)(=O)Oc3ccccc3CC)c2)cccc1OS(=O)(=O)c1cccc(NC(=O)NCC)c1. The molecule has 0 heterocycles. The van der Waals surface area contributed by atoms with Crippen LogP contribution in [-0.2, 0) is 39.5 Å². The lowest BCUT2D eigenvalue weighted by Crippen LogP contribution is -2.30. The molecule has 14 heteroatoms. The van der Waals surface area contributed by atoms with E-state index in [2.05, 4.69) is 21.3 Å². The Balaban J connectivity index is 1.40. The van der Waals surface area contributed by atoms with Crippen LogP contribution < -0.4 is 29.6 Å². The molecule has 4 amide bonds. The average Bonchev–Trinajstić information content (AvgIpc) is 3.06. The number of carbonyl (C=O) groups excluding carboxylic acids is 2. The van der Waals surface area contributed by atoms with E-state index in [4.69, 9.17) is 8.37 Å². The summed E-state index contributed by atoms with van der Waals surface area (Å²) in [6.45, 7) is 6.23. The minimum atomic E-state index is -4.25. The van der Waals surface area contributed by atoms with E-state index in [0.29, 0.717) is 43.5 Å². The van der Waals surface area contributed by atoms with Crippen molar-refractivity contribution in [2.75, 3.05) is 23.7 Å². The third kappa shape index (κ3) is 10.2. The zero-order valence-corrected chi connectivity index (χ0v) is 29.1. The van der Waals surface area contributed by atoms with Crippen LogP contribution in [0, 0.1) is 0 Å². The van der Waals surface area contributed by atoms with Crippen molar-refractivity contribution in [3.05, 3.63) is 108 Å². The maximum atomic E-state index is 13.3. The molecule has 0 unspecified atom stereocenters. The molecule has 49 heavy (non-hydrogen) atoms. The van der Waals surface area contributed by atoms with Gasteiger partial charge in [0.2, 0.25) is 0 Å². The normalized spacial score (nSPS) is 11.3. The molecule has 0 bridgehead atoms. The zero-order valence-electron chi connectivity index (χ0n) is 27.5. The fraction of sp³-hybridized carbons (Fsp3) is 0.257. The first-order valence-electron chi connectivity index (χ1n) is 15.8. The Morgan fingerprint density at radius 1 is 0.612 bits per heavy atom. The predicted molar refractivity (Wildman–Crippen MR) is 188 cm³/mol. The van der Waals surface area contributed by atoms with Crippen LogP contribution in [0.5, 0.6) is 11.5 Å². The van der Waals surface area contributed by atoms with Crippen LogP contribution in [0.15, 0.2) is 101 Å². The Labute approximate surface area is 287 Å². The van der Waals surface area contributed by atoms with Crippen molar-refractivity contribution < 1.29 is 34.8 Å². The quantitative estimate of drug-likeness (QED) is 0.105. The summed E-state index contributed by atoms with van der Waals surface area (Å²) in [5.74, 6) is 0.420. The van der Waals surface area contributed by atoms with Gasteiger partial charge in [-0.05, 0) is 91.4 Å². The van der Waals surface area contributed by atoms with Gasteiger partial charge in [0.1, 0.15) is 21.3 Å². The first-order chi connectivity index (χ1) is 23.5. The highest BCUT2D eigenvalue weighted by molar-refractivity contribution is 7.87. The largest absolute Gasteiger partial charge is 0.379 e. The number of urea groups is 2. The van der Waals surface area contributed by atoms with Gasteiger partial charge < -0.3 is 29.6 Å². The molecule has 260 valence electrons. The van der Waals surface area contributed by atoms with Gasteiger partial charge in [-0.15, -0.1) is 0 Å². The van der Waals surface area contributed by atoms with Crippen LogP contribution in [-0.4, -0.2) is 42.0 Å². The van der Waals surface area contributed by atoms with E-state index >= 15 is 0 Å². The molecule has 4 aromatic carbocycles. The maximum absolute atomic E-state index is 13.3. The van der Waals surface area contributed by atoms with Crippen LogP contribution in [0.3, 0.4) is 0 Å². The summed E-state index contributed by atoms with van der Waals surface area (Å²) in [4.78, 5) is 24.4. The van der Waals surface area contributed by atoms with E-state index in [1.807, 2.05) is 19.9 Å². The Morgan fingerprint density at radius 2 is 1.14 bits per heavy atom. The topological polar surface area (TPSA) is 169 Å². The molecular weight excluding hydrogens is 669 g/mol. The van der Waals surface area contributed by atoms with E-state index in [9.17, 15) is 26.4 Å². The Bertz CT molecular complexity index is 2000. The van der Waals surface area contributed by atoms with Gasteiger partial charge in [-0.1, -0.05) is 62.7 Å². The molecule has 0 saturated carbocycles. The number of nitrogens with one attached hydrogen (secondary N) is 4. The molecule has 0 aliphatic rings. The standard InChI is InChI=1S/C35H40N4O8S2/c1-4-12-31-26(14-9-20-33(31)47-49(44,45)30-18-10-15-27(23-30)38-34(40)36-6-3)21-22-37-35(41)39-28-16-11-17-29(24-28)48(42,43)46-32-19-8-7-13-25(32)5-2/h7-11,13-20,23-24H,4-6,12,21-22H2,1-3H3,(H2,36,38,40)(H2,37,39,41). The van der Waals surface area contributed by atoms with E-state index in [1.54, 1.807) is 55.5 Å². The highest BCUT2D eigenvalue weighted by Crippen LogP contribution is 2.29. The summed E-state index contributed by atoms with van der Waals surface area (Å²) >= 11 is 0. The average molecular weight is 709 g/mol. The van der Waals surface area contributed by atoms with Gasteiger partial charge in [0.05, 0.1) is 0 Å². The van der Waals surface area contributed by atoms with E-state index in [0.717, 1.165) is 11.1 Å². The fourth-order valence-electron chi connectivity index (χ4n) is 4.95. The second-order valence-electron chi connectivity index (χ2n) is 10.9. The molecular formula is C35H40N4O8S2. The molecule has 4 rings (SSSR count). The monoisotopic (exact) mass is 708 g/mol. The molecule has 0 radical (unpaired) electrons. The number of para-hydroxylation sites is 1. The van der Waals surface area contributed by atoms with Crippen molar-refractivity contribution in [3.63, 3.8) is 0 Å². The van der Waals surface area contributed by atoms with Crippen molar-refractivity contribution in [2.45, 2.75) is 56.2 Å². The molecule has 12 nitrogen and oxygen atoms in total. The minimum absolute atomic E-state index is 0.114. The summed E-state index contributed by atoms with van der Waals surface area (Å²) in [6, 6.07) is 22.5. The predicted octanol–water partition coefficient (Wildman–Crippen LogP) is 6.24. The van der Waals surface area contributed by atoms with Gasteiger partial charge in [0.25, 0.3) is 0 Å². The first kappa shape index (κ1) is 36.8. The second-order valence-corrected chi connectivity index (χ2v) is 13.9. The molecule has 0 aliphatic carbocycles. The van der Waals surface area contributed by atoms with Crippen molar-refractivity contribution in [3.8, 4) is 11.5 Å². The number of aryl methyl sites for hydroxylation is 1. The third-order valence-corrected chi connectivity index (χ3v) is 9.72. The molecule has 0 fully saturated rings. The first-order valence-corrected chi connectivity index (χ1v) is 18.6. The van der Waals surface area contributed by atoms with Gasteiger partial charge >= 0.3 is 32.3 Å². The number of amides is 4. The van der Waals surface area contributed by atoms with E-state index in [-0.39, 0.29) is 33.5 Å². The molecule has 0 aromatic heterocycles. The molecule has 0 atom stereocenters. The van der Waals surface area contributed by atoms with Crippen molar-refractivity contribution in [2.24, 2.45) is 0 Å². The summed E-state index contributed by atoms with van der Waals surface area (Å²) in [5.41, 5.74) is 2.78. The molecule has 4 aromatic rings. The number of benzene rings is 4. The number of rotatable bonds is 15. The van der Waals surface area contributed by atoms with Gasteiger partial charge in [0.15, 0.2) is 0 Å². The van der Waals surface area contributed by atoms with Crippen LogP contribution in [0.1, 0.15) is 43.9 Å². The molecule has 0 saturated heterocycles. The van der Waals surface area contributed by atoms with Gasteiger partial charge in [-0.25, -0.2) is 9.59 Å². The summed E-state index contributed by atoms with van der Waals surface area (Å²) in [5, 5.41) is 10.6. The number of anilines is 2. The highest BCUT2D eigenvalue weighted by atomic mass is 32.2. The van der Waals surface area contributed by atoms with Crippen molar-refractivity contribution >= 4 is 43.7 Å². The Kier molecular flexibility index (Phi) is 12.6. The lowest BCUT2D eigenvalue weighted by molar-refractivity contribution is 0.251. The molecule has 0 spiro atoms. The van der Waals surface area contributed by atoms with Crippen molar-refractivity contribution in [1.29, 1.82) is 0 Å². The van der Waals surface area contributed by atoms with Crippen LogP contribution in [0.2, 0.25) is 0 Å². The van der Waals surface area contributed by atoms with Gasteiger partial charge in [-0.2, -0.15) is 16.8 Å². The number of hydrogen-bond acceptors (Lipinski definition) is 8.